The number of nitrogens with zero attached hydrogens (tertiary/aromatic N) is 1. The van der Waals surface area contributed by atoms with Crippen LogP contribution in [0.25, 0.3) is 0 Å². The van der Waals surface area contributed by atoms with Gasteiger partial charge in [-0.05, 0) is 32.4 Å². The van der Waals surface area contributed by atoms with Crippen molar-refractivity contribution in [2.45, 2.75) is 25.8 Å². The van der Waals surface area contributed by atoms with Crippen LogP contribution in [0.5, 0.6) is 0 Å². The summed E-state index contributed by atoms with van der Waals surface area (Å²) in [5.41, 5.74) is 2.37. The maximum Gasteiger partial charge on any atom is 0.317 e. The minimum atomic E-state index is -0.843. The molecular formula is C14H22ClNO3. The number of likely N-dealkylation sites (N-methyl/N-ethyl adjacent to an activating group) is 1. The van der Waals surface area contributed by atoms with Crippen LogP contribution in [-0.4, -0.2) is 47.3 Å². The predicted octanol–water partition coefficient (Wildman–Crippen LogP) is 1.73. The van der Waals surface area contributed by atoms with Crippen molar-refractivity contribution in [1.82, 2.24) is 4.90 Å². The van der Waals surface area contributed by atoms with Crippen LogP contribution in [-0.2, 0) is 11.2 Å². The minimum Gasteiger partial charge on any atom is -0.480 e. The van der Waals surface area contributed by atoms with Crippen molar-refractivity contribution in [3.8, 4) is 0 Å². The molecule has 1 atom stereocenters. The summed E-state index contributed by atoms with van der Waals surface area (Å²) in [7, 11) is 1.78. The zero-order valence-electron chi connectivity index (χ0n) is 11.4. The number of aliphatic hydroxyl groups is 1. The number of carboxylic acids is 1. The van der Waals surface area contributed by atoms with E-state index in [2.05, 4.69) is 0 Å². The van der Waals surface area contributed by atoms with Gasteiger partial charge in [-0.15, -0.1) is 12.4 Å². The predicted molar refractivity (Wildman–Crippen MR) is 77.9 cm³/mol. The van der Waals surface area contributed by atoms with E-state index in [1.165, 1.54) is 5.56 Å². The molecule has 0 saturated heterocycles. The molecule has 0 aliphatic heterocycles. The smallest absolute Gasteiger partial charge is 0.317 e. The third-order valence-corrected chi connectivity index (χ3v) is 3.06. The molecule has 0 fully saturated rings. The fourth-order valence-electron chi connectivity index (χ4n) is 1.97. The molecule has 0 unspecified atom stereocenters. The summed E-state index contributed by atoms with van der Waals surface area (Å²) < 4.78 is 0. The Bertz CT molecular complexity index is 381. The summed E-state index contributed by atoms with van der Waals surface area (Å²) >= 11 is 0. The molecule has 5 heteroatoms. The van der Waals surface area contributed by atoms with Gasteiger partial charge in [0.25, 0.3) is 0 Å². The lowest BCUT2D eigenvalue weighted by Crippen LogP contribution is -2.38. The Balaban J connectivity index is 0.00000324. The highest BCUT2D eigenvalue weighted by molar-refractivity contribution is 5.85. The second-order valence-corrected chi connectivity index (χ2v) is 4.66. The number of aliphatic hydroxyl groups excluding tert-OH is 1. The molecule has 0 spiro atoms. The molecule has 1 aromatic carbocycles. The molecular weight excluding hydrogens is 266 g/mol. The largest absolute Gasteiger partial charge is 0.480 e. The van der Waals surface area contributed by atoms with E-state index >= 15 is 0 Å². The number of carbonyl (C=O) groups is 1. The number of benzene rings is 1. The van der Waals surface area contributed by atoms with Crippen LogP contribution in [0.1, 0.15) is 17.5 Å². The highest BCUT2D eigenvalue weighted by Crippen LogP contribution is 2.12. The van der Waals surface area contributed by atoms with Gasteiger partial charge in [0.1, 0.15) is 0 Å². The summed E-state index contributed by atoms with van der Waals surface area (Å²) in [6.07, 6.45) is 1.34. The highest BCUT2D eigenvalue weighted by Gasteiger charge is 2.17. The minimum absolute atomic E-state index is 0. The van der Waals surface area contributed by atoms with Crippen LogP contribution >= 0.6 is 12.4 Å². The maximum absolute atomic E-state index is 10.7. The number of carboxylic acid groups (broad SMARTS) is 1. The van der Waals surface area contributed by atoms with E-state index in [4.69, 9.17) is 10.2 Å². The van der Waals surface area contributed by atoms with Gasteiger partial charge in [-0.2, -0.15) is 0 Å². The first-order chi connectivity index (χ1) is 8.52. The quantitative estimate of drug-likeness (QED) is 0.802. The van der Waals surface area contributed by atoms with E-state index < -0.39 is 5.97 Å². The lowest BCUT2D eigenvalue weighted by Gasteiger charge is -2.26. The standard InChI is InChI=1S/C14H21NO3.ClH/c1-11-3-5-12(6-4-11)9-13(7-8-16)15(2)10-14(17)18;/h3-6,13,16H,7-10H2,1-2H3,(H,17,18);1H/t13-;/m1./s1. The molecule has 0 saturated carbocycles. The summed E-state index contributed by atoms with van der Waals surface area (Å²) in [5.74, 6) is -0.843. The van der Waals surface area contributed by atoms with Gasteiger partial charge in [-0.25, -0.2) is 0 Å². The van der Waals surface area contributed by atoms with E-state index in [1.807, 2.05) is 31.2 Å². The topological polar surface area (TPSA) is 60.8 Å². The third kappa shape index (κ3) is 6.57. The molecule has 0 bridgehead atoms. The van der Waals surface area contributed by atoms with Gasteiger partial charge in [0, 0.05) is 12.6 Å². The van der Waals surface area contributed by atoms with Gasteiger partial charge >= 0.3 is 5.97 Å². The van der Waals surface area contributed by atoms with Crippen LogP contribution in [0.3, 0.4) is 0 Å². The number of hydrogen-bond acceptors (Lipinski definition) is 3. The zero-order chi connectivity index (χ0) is 13.5. The number of aliphatic carboxylic acids is 1. The first-order valence-corrected chi connectivity index (χ1v) is 6.11. The Labute approximate surface area is 120 Å². The highest BCUT2D eigenvalue weighted by atomic mass is 35.5. The molecule has 0 amide bonds. The first kappa shape index (κ1) is 17.9. The van der Waals surface area contributed by atoms with Gasteiger partial charge in [0.2, 0.25) is 0 Å². The lowest BCUT2D eigenvalue weighted by atomic mass is 10.0. The first-order valence-electron chi connectivity index (χ1n) is 6.11. The number of rotatable bonds is 7. The normalized spacial score (nSPS) is 12.0. The Kier molecular flexibility index (Phi) is 8.39. The van der Waals surface area contributed by atoms with Crippen molar-refractivity contribution in [3.63, 3.8) is 0 Å². The van der Waals surface area contributed by atoms with E-state index in [-0.39, 0.29) is 31.6 Å². The average Bonchev–Trinajstić information content (AvgIpc) is 2.30. The Hall–Kier alpha value is -1.10. The van der Waals surface area contributed by atoms with Crippen molar-refractivity contribution in [2.75, 3.05) is 20.2 Å². The van der Waals surface area contributed by atoms with E-state index in [1.54, 1.807) is 11.9 Å². The molecule has 108 valence electrons. The van der Waals surface area contributed by atoms with Crippen molar-refractivity contribution in [3.05, 3.63) is 35.4 Å². The van der Waals surface area contributed by atoms with Gasteiger partial charge in [-0.1, -0.05) is 29.8 Å². The lowest BCUT2D eigenvalue weighted by molar-refractivity contribution is -0.138. The summed E-state index contributed by atoms with van der Waals surface area (Å²) in [5, 5.41) is 17.9. The second-order valence-electron chi connectivity index (χ2n) is 4.66. The van der Waals surface area contributed by atoms with Crippen molar-refractivity contribution in [2.24, 2.45) is 0 Å². The van der Waals surface area contributed by atoms with Crippen molar-refractivity contribution in [1.29, 1.82) is 0 Å². The number of halogens is 1. The number of hydrogen-bond donors (Lipinski definition) is 2. The van der Waals surface area contributed by atoms with E-state index in [9.17, 15) is 4.79 Å². The molecule has 1 aromatic rings. The van der Waals surface area contributed by atoms with Crippen molar-refractivity contribution >= 4 is 18.4 Å². The van der Waals surface area contributed by atoms with E-state index in [0.717, 1.165) is 12.0 Å². The fourth-order valence-corrected chi connectivity index (χ4v) is 1.97. The maximum atomic E-state index is 10.7. The molecule has 2 N–H and O–H groups in total. The monoisotopic (exact) mass is 287 g/mol. The Morgan fingerprint density at radius 1 is 1.32 bits per heavy atom. The molecule has 4 nitrogen and oxygen atoms in total. The summed E-state index contributed by atoms with van der Waals surface area (Å²) in [6.45, 7) is 2.10. The SMILES string of the molecule is Cc1ccc(C[C@@H](CCO)N(C)CC(=O)O)cc1.Cl. The molecule has 0 aliphatic rings. The second kappa shape index (κ2) is 8.91. The molecule has 0 aliphatic carbocycles. The van der Waals surface area contributed by atoms with Crippen LogP contribution in [0.15, 0.2) is 24.3 Å². The molecule has 0 heterocycles. The van der Waals surface area contributed by atoms with Gasteiger partial charge < -0.3 is 10.2 Å². The fraction of sp³-hybridized carbons (Fsp3) is 0.500. The van der Waals surface area contributed by atoms with Crippen LogP contribution in [0, 0.1) is 6.92 Å². The molecule has 1 rings (SSSR count). The van der Waals surface area contributed by atoms with Crippen molar-refractivity contribution < 1.29 is 15.0 Å². The molecule has 0 aromatic heterocycles. The molecule has 19 heavy (non-hydrogen) atoms. The summed E-state index contributed by atoms with van der Waals surface area (Å²) in [4.78, 5) is 12.5. The third-order valence-electron chi connectivity index (χ3n) is 3.06. The summed E-state index contributed by atoms with van der Waals surface area (Å²) in [6, 6.07) is 8.24. The Morgan fingerprint density at radius 2 is 1.89 bits per heavy atom. The Morgan fingerprint density at radius 3 is 2.37 bits per heavy atom. The van der Waals surface area contributed by atoms with Gasteiger partial charge in [0.05, 0.1) is 6.54 Å². The number of aryl methyl sites for hydroxylation is 1. The van der Waals surface area contributed by atoms with Gasteiger partial charge in [0.15, 0.2) is 0 Å². The van der Waals surface area contributed by atoms with E-state index in [0.29, 0.717) is 6.42 Å². The zero-order valence-corrected chi connectivity index (χ0v) is 12.2. The van der Waals surface area contributed by atoms with Gasteiger partial charge in [-0.3, -0.25) is 9.69 Å². The van der Waals surface area contributed by atoms with Crippen LogP contribution in [0.4, 0.5) is 0 Å². The van der Waals surface area contributed by atoms with Crippen LogP contribution < -0.4 is 0 Å². The molecule has 0 radical (unpaired) electrons. The average molecular weight is 288 g/mol. The van der Waals surface area contributed by atoms with Crippen LogP contribution in [0.2, 0.25) is 0 Å².